The molecule has 4 nitrogen and oxygen atoms in total. The Labute approximate surface area is 107 Å². The first-order chi connectivity index (χ1) is 8.69. The van der Waals surface area contributed by atoms with Crippen molar-refractivity contribution in [1.82, 2.24) is 10.2 Å². The number of hydrogen-bond donors (Lipinski definition) is 0. The van der Waals surface area contributed by atoms with Crippen molar-refractivity contribution >= 4 is 5.82 Å². The molecule has 0 bridgehead atoms. The van der Waals surface area contributed by atoms with Crippen LogP contribution < -0.4 is 4.90 Å². The fourth-order valence-corrected chi connectivity index (χ4v) is 1.73. The molecule has 90 valence electrons. The Bertz CT molecular complexity index is 586. The second-order valence-corrected chi connectivity index (χ2v) is 4.26. The van der Waals surface area contributed by atoms with E-state index in [4.69, 9.17) is 5.26 Å². The van der Waals surface area contributed by atoms with Crippen LogP contribution in [-0.2, 0) is 6.54 Å². The highest BCUT2D eigenvalue weighted by molar-refractivity contribution is 5.40. The van der Waals surface area contributed by atoms with Gasteiger partial charge in [-0.2, -0.15) is 10.4 Å². The first-order valence-corrected chi connectivity index (χ1v) is 5.68. The maximum absolute atomic E-state index is 8.86. The molecule has 0 amide bonds. The predicted molar refractivity (Wildman–Crippen MR) is 70.0 cm³/mol. The minimum atomic E-state index is 0.677. The highest BCUT2D eigenvalue weighted by Crippen LogP contribution is 2.13. The number of nitriles is 1. The molecule has 0 atom stereocenters. The van der Waals surface area contributed by atoms with Crippen LogP contribution in [0.2, 0.25) is 0 Å². The lowest BCUT2D eigenvalue weighted by atomic mass is 10.1. The summed E-state index contributed by atoms with van der Waals surface area (Å²) in [7, 11) is 1.96. The second kappa shape index (κ2) is 5.28. The third kappa shape index (κ3) is 2.83. The van der Waals surface area contributed by atoms with Gasteiger partial charge < -0.3 is 4.90 Å². The van der Waals surface area contributed by atoms with Gasteiger partial charge in [0, 0.05) is 13.6 Å². The van der Waals surface area contributed by atoms with Crippen LogP contribution in [-0.4, -0.2) is 17.2 Å². The van der Waals surface area contributed by atoms with Crippen molar-refractivity contribution in [3.63, 3.8) is 0 Å². The molecule has 18 heavy (non-hydrogen) atoms. The maximum atomic E-state index is 8.86. The fraction of sp³-hybridized carbons (Fsp3) is 0.214. The number of hydrogen-bond acceptors (Lipinski definition) is 4. The molecule has 0 aliphatic carbocycles. The van der Waals surface area contributed by atoms with Crippen molar-refractivity contribution < 1.29 is 0 Å². The Morgan fingerprint density at radius 3 is 2.89 bits per heavy atom. The number of nitrogens with zero attached hydrogens (tertiary/aromatic N) is 4. The molecular weight excluding hydrogens is 224 g/mol. The molecule has 1 aromatic carbocycles. The van der Waals surface area contributed by atoms with Crippen LogP contribution in [0.25, 0.3) is 0 Å². The van der Waals surface area contributed by atoms with Crippen LogP contribution in [0.1, 0.15) is 16.7 Å². The van der Waals surface area contributed by atoms with E-state index in [1.54, 1.807) is 12.3 Å². The number of benzene rings is 1. The largest absolute Gasteiger partial charge is 0.354 e. The third-order valence-corrected chi connectivity index (χ3v) is 2.65. The predicted octanol–water partition coefficient (Wildman–Crippen LogP) is 2.29. The number of aryl methyl sites for hydroxylation is 1. The Hall–Kier alpha value is -2.41. The molecule has 0 N–H and O–H groups in total. The fourth-order valence-electron chi connectivity index (χ4n) is 1.73. The van der Waals surface area contributed by atoms with Gasteiger partial charge in [-0.3, -0.25) is 0 Å². The zero-order valence-corrected chi connectivity index (χ0v) is 10.5. The van der Waals surface area contributed by atoms with Crippen LogP contribution >= 0.6 is 0 Å². The van der Waals surface area contributed by atoms with E-state index in [-0.39, 0.29) is 0 Å². The first kappa shape index (κ1) is 12.1. The molecule has 0 aliphatic heterocycles. The molecule has 0 unspecified atom stereocenters. The van der Waals surface area contributed by atoms with E-state index in [9.17, 15) is 0 Å². The van der Waals surface area contributed by atoms with Gasteiger partial charge in [0.1, 0.15) is 0 Å². The number of aromatic nitrogens is 2. The van der Waals surface area contributed by atoms with E-state index < -0.39 is 0 Å². The van der Waals surface area contributed by atoms with Crippen molar-refractivity contribution in [1.29, 1.82) is 5.26 Å². The van der Waals surface area contributed by atoms with Crippen LogP contribution in [0.4, 0.5) is 5.82 Å². The topological polar surface area (TPSA) is 52.8 Å². The summed E-state index contributed by atoms with van der Waals surface area (Å²) in [5, 5.41) is 16.9. The lowest BCUT2D eigenvalue weighted by Crippen LogP contribution is -2.18. The van der Waals surface area contributed by atoms with Crippen molar-refractivity contribution in [3.05, 3.63) is 53.2 Å². The molecule has 2 rings (SSSR count). The summed E-state index contributed by atoms with van der Waals surface area (Å²) in [6.07, 6.45) is 1.73. The molecule has 0 saturated carbocycles. The van der Waals surface area contributed by atoms with Crippen LogP contribution in [0.15, 0.2) is 36.5 Å². The molecule has 0 aliphatic rings. The number of rotatable bonds is 3. The van der Waals surface area contributed by atoms with Gasteiger partial charge in [0.25, 0.3) is 0 Å². The quantitative estimate of drug-likeness (QED) is 0.823. The highest BCUT2D eigenvalue weighted by Gasteiger charge is 2.05. The maximum Gasteiger partial charge on any atom is 0.151 e. The molecule has 1 aromatic heterocycles. The van der Waals surface area contributed by atoms with Crippen LogP contribution in [0, 0.1) is 18.3 Å². The Morgan fingerprint density at radius 2 is 2.17 bits per heavy atom. The van der Waals surface area contributed by atoms with Crippen LogP contribution in [0.5, 0.6) is 0 Å². The van der Waals surface area contributed by atoms with Crippen LogP contribution in [0.3, 0.4) is 0 Å². The second-order valence-electron chi connectivity index (χ2n) is 4.26. The molecule has 0 spiro atoms. The lowest BCUT2D eigenvalue weighted by Gasteiger charge is -2.17. The van der Waals surface area contributed by atoms with E-state index in [0.717, 1.165) is 16.9 Å². The Kier molecular flexibility index (Phi) is 3.54. The van der Waals surface area contributed by atoms with Gasteiger partial charge in [0.15, 0.2) is 5.82 Å². The summed E-state index contributed by atoms with van der Waals surface area (Å²) in [6.45, 7) is 2.69. The van der Waals surface area contributed by atoms with E-state index in [0.29, 0.717) is 12.1 Å². The molecule has 0 saturated heterocycles. The average Bonchev–Trinajstić information content (AvgIpc) is 2.39. The molecule has 1 heterocycles. The first-order valence-electron chi connectivity index (χ1n) is 5.68. The minimum Gasteiger partial charge on any atom is -0.354 e. The summed E-state index contributed by atoms with van der Waals surface area (Å²) in [4.78, 5) is 2.01. The minimum absolute atomic E-state index is 0.677. The molecule has 0 fully saturated rings. The van der Waals surface area contributed by atoms with Crippen molar-refractivity contribution in [3.8, 4) is 6.07 Å². The SMILES string of the molecule is Cc1cnnc(N(C)Cc2cccc(C#N)c2)c1. The summed E-state index contributed by atoms with van der Waals surface area (Å²) >= 11 is 0. The zero-order chi connectivity index (χ0) is 13.0. The van der Waals surface area contributed by atoms with E-state index in [1.807, 2.05) is 43.1 Å². The monoisotopic (exact) mass is 238 g/mol. The van der Waals surface area contributed by atoms with Crippen molar-refractivity contribution in [2.45, 2.75) is 13.5 Å². The summed E-state index contributed by atoms with van der Waals surface area (Å²) in [6, 6.07) is 11.7. The van der Waals surface area contributed by atoms with Crippen molar-refractivity contribution in [2.24, 2.45) is 0 Å². The zero-order valence-electron chi connectivity index (χ0n) is 10.5. The standard InChI is InChI=1S/C14H14N4/c1-11-6-14(17-16-9-11)18(2)10-13-5-3-4-12(7-13)8-15/h3-7,9H,10H2,1-2H3. The van der Waals surface area contributed by atoms with Gasteiger partial charge in [-0.15, -0.1) is 5.10 Å². The van der Waals surface area contributed by atoms with Gasteiger partial charge in [0.2, 0.25) is 0 Å². The summed E-state index contributed by atoms with van der Waals surface area (Å²) < 4.78 is 0. The van der Waals surface area contributed by atoms with Gasteiger partial charge in [-0.1, -0.05) is 12.1 Å². The molecular formula is C14H14N4. The van der Waals surface area contributed by atoms with Gasteiger partial charge >= 0.3 is 0 Å². The average molecular weight is 238 g/mol. The Morgan fingerprint density at radius 1 is 1.33 bits per heavy atom. The number of anilines is 1. The summed E-state index contributed by atoms with van der Waals surface area (Å²) in [5.74, 6) is 0.831. The van der Waals surface area contributed by atoms with E-state index >= 15 is 0 Å². The van der Waals surface area contributed by atoms with Gasteiger partial charge in [0.05, 0.1) is 17.8 Å². The van der Waals surface area contributed by atoms with E-state index in [1.165, 1.54) is 0 Å². The molecule has 0 radical (unpaired) electrons. The van der Waals surface area contributed by atoms with Gasteiger partial charge in [-0.05, 0) is 36.2 Å². The normalized spacial score (nSPS) is 9.83. The highest BCUT2D eigenvalue weighted by atomic mass is 15.2. The lowest BCUT2D eigenvalue weighted by molar-refractivity contribution is 0.862. The molecule has 4 heteroatoms. The van der Waals surface area contributed by atoms with Gasteiger partial charge in [-0.25, -0.2) is 0 Å². The smallest absolute Gasteiger partial charge is 0.151 e. The Balaban J connectivity index is 2.16. The third-order valence-electron chi connectivity index (χ3n) is 2.65. The summed E-state index contributed by atoms with van der Waals surface area (Å²) in [5.41, 5.74) is 2.84. The van der Waals surface area contributed by atoms with E-state index in [2.05, 4.69) is 16.3 Å². The molecule has 2 aromatic rings. The van der Waals surface area contributed by atoms with Crippen molar-refractivity contribution in [2.75, 3.05) is 11.9 Å².